The second-order valence-electron chi connectivity index (χ2n) is 8.16. The molecule has 10 nitrogen and oxygen atoms in total. The van der Waals surface area contributed by atoms with Gasteiger partial charge in [0.2, 0.25) is 0 Å². The number of esters is 3. The van der Waals surface area contributed by atoms with Crippen molar-refractivity contribution in [3.63, 3.8) is 0 Å². The Labute approximate surface area is 231 Å². The first-order chi connectivity index (χ1) is 17.3. The first-order valence-corrected chi connectivity index (χ1v) is 12.3. The summed E-state index contributed by atoms with van der Waals surface area (Å²) in [5.74, 6) is -4.06. The van der Waals surface area contributed by atoms with Crippen LogP contribution in [0.4, 0.5) is 0 Å². The van der Waals surface area contributed by atoms with Gasteiger partial charge in [-0.15, -0.1) is 6.58 Å². The molecule has 2 heterocycles. The van der Waals surface area contributed by atoms with Crippen molar-refractivity contribution in [2.45, 2.75) is 57.6 Å². The van der Waals surface area contributed by atoms with E-state index in [1.807, 2.05) is 0 Å². The minimum atomic E-state index is -1.44. The number of nitrogens with zero attached hydrogens (tertiary/aromatic N) is 1. The molecule has 0 radical (unpaired) electrons. The number of benzene rings is 1. The van der Waals surface area contributed by atoms with Crippen molar-refractivity contribution in [3.8, 4) is 0 Å². The van der Waals surface area contributed by atoms with Gasteiger partial charge in [-0.2, -0.15) is 0 Å². The van der Waals surface area contributed by atoms with Gasteiger partial charge in [0, 0.05) is 20.8 Å². The van der Waals surface area contributed by atoms with Crippen molar-refractivity contribution in [2.24, 2.45) is 0 Å². The van der Waals surface area contributed by atoms with Gasteiger partial charge in [0.1, 0.15) is 18.8 Å². The van der Waals surface area contributed by atoms with Crippen molar-refractivity contribution in [1.82, 2.24) is 4.90 Å². The molecule has 37 heavy (non-hydrogen) atoms. The SMILES string of the molecule is C=CC[C@@H]1OC(COC(C)=O)[C@H](OC(C)=O)C(OC(C)=O)C1N1C(=O)c2c(Cl)c(Cl)c(Cl)c(Cl)c2C1=O. The van der Waals surface area contributed by atoms with E-state index in [9.17, 15) is 24.0 Å². The van der Waals surface area contributed by atoms with E-state index in [2.05, 4.69) is 6.58 Å². The summed E-state index contributed by atoms with van der Waals surface area (Å²) in [7, 11) is 0. The fraction of sp³-hybridized carbons (Fsp3) is 0.435. The predicted octanol–water partition coefficient (Wildman–Crippen LogP) is 4.03. The topological polar surface area (TPSA) is 126 Å². The van der Waals surface area contributed by atoms with E-state index in [1.165, 1.54) is 13.0 Å². The van der Waals surface area contributed by atoms with Crippen LogP contribution in [-0.4, -0.2) is 71.7 Å². The van der Waals surface area contributed by atoms with E-state index >= 15 is 0 Å². The van der Waals surface area contributed by atoms with Gasteiger partial charge in [-0.1, -0.05) is 52.5 Å². The van der Waals surface area contributed by atoms with Crippen LogP contribution < -0.4 is 0 Å². The highest BCUT2D eigenvalue weighted by Gasteiger charge is 2.57. The largest absolute Gasteiger partial charge is 0.463 e. The molecule has 2 aliphatic heterocycles. The second kappa shape index (κ2) is 11.6. The summed E-state index contributed by atoms with van der Waals surface area (Å²) in [5, 5.41) is -1.05. The van der Waals surface area contributed by atoms with E-state index < -0.39 is 60.2 Å². The van der Waals surface area contributed by atoms with Crippen LogP contribution in [0, 0.1) is 0 Å². The highest BCUT2D eigenvalue weighted by molar-refractivity contribution is 6.55. The first-order valence-electron chi connectivity index (χ1n) is 10.8. The van der Waals surface area contributed by atoms with E-state index in [0.717, 1.165) is 18.7 Å². The number of ether oxygens (including phenoxy) is 4. The van der Waals surface area contributed by atoms with Crippen LogP contribution in [-0.2, 0) is 33.3 Å². The average molecular weight is 597 g/mol. The fourth-order valence-corrected chi connectivity index (χ4v) is 5.32. The molecule has 3 unspecified atom stereocenters. The van der Waals surface area contributed by atoms with E-state index in [4.69, 9.17) is 65.4 Å². The van der Waals surface area contributed by atoms with Crippen LogP contribution >= 0.6 is 46.4 Å². The molecule has 2 amide bonds. The number of fused-ring (bicyclic) bond motifs is 1. The van der Waals surface area contributed by atoms with Crippen molar-refractivity contribution in [3.05, 3.63) is 43.9 Å². The Bertz CT molecular complexity index is 1140. The molecule has 0 bridgehead atoms. The molecule has 3 rings (SSSR count). The smallest absolute Gasteiger partial charge is 0.303 e. The summed E-state index contributed by atoms with van der Waals surface area (Å²) >= 11 is 24.8. The van der Waals surface area contributed by atoms with Gasteiger partial charge in [-0.3, -0.25) is 28.9 Å². The maximum Gasteiger partial charge on any atom is 0.303 e. The fourth-order valence-electron chi connectivity index (χ4n) is 4.31. The van der Waals surface area contributed by atoms with Crippen LogP contribution in [0.5, 0.6) is 0 Å². The normalized spacial score (nSPS) is 24.9. The molecule has 1 aromatic carbocycles. The van der Waals surface area contributed by atoms with Gasteiger partial charge in [0.05, 0.1) is 37.3 Å². The molecule has 1 fully saturated rings. The lowest BCUT2D eigenvalue weighted by Gasteiger charge is -2.47. The Morgan fingerprint density at radius 1 is 0.838 bits per heavy atom. The minimum absolute atomic E-state index is 0.0438. The lowest BCUT2D eigenvalue weighted by molar-refractivity contribution is -0.229. The Hall–Kier alpha value is -2.37. The minimum Gasteiger partial charge on any atom is -0.463 e. The maximum atomic E-state index is 13.6. The van der Waals surface area contributed by atoms with Crippen LogP contribution in [0.25, 0.3) is 0 Å². The van der Waals surface area contributed by atoms with Crippen LogP contribution in [0.3, 0.4) is 0 Å². The highest BCUT2D eigenvalue weighted by Crippen LogP contribution is 2.46. The van der Waals surface area contributed by atoms with Crippen LogP contribution in [0.1, 0.15) is 47.9 Å². The molecular formula is C23H21Cl4NO9. The summed E-state index contributed by atoms with van der Waals surface area (Å²) in [4.78, 5) is 63.6. The number of rotatable bonds is 7. The number of hydrogen-bond acceptors (Lipinski definition) is 9. The third-order valence-corrected chi connectivity index (χ3v) is 7.44. The number of carbonyl (C=O) groups excluding carboxylic acids is 5. The van der Waals surface area contributed by atoms with Crippen molar-refractivity contribution in [2.75, 3.05) is 6.61 Å². The molecule has 5 atom stereocenters. The molecule has 0 spiro atoms. The van der Waals surface area contributed by atoms with Gasteiger partial charge in [-0.05, 0) is 6.42 Å². The lowest BCUT2D eigenvalue weighted by Crippen LogP contribution is -2.67. The van der Waals surface area contributed by atoms with Gasteiger partial charge < -0.3 is 18.9 Å². The number of imide groups is 1. The molecular weight excluding hydrogens is 576 g/mol. The Morgan fingerprint density at radius 3 is 1.76 bits per heavy atom. The Balaban J connectivity index is 2.18. The summed E-state index contributed by atoms with van der Waals surface area (Å²) < 4.78 is 22.0. The number of carbonyl (C=O) groups is 5. The molecule has 1 aromatic rings. The Morgan fingerprint density at radius 2 is 1.32 bits per heavy atom. The quantitative estimate of drug-likeness (QED) is 0.114. The molecule has 1 saturated heterocycles. The first kappa shape index (κ1) is 29.2. The van der Waals surface area contributed by atoms with Crippen LogP contribution in [0.2, 0.25) is 20.1 Å². The molecule has 0 N–H and O–H groups in total. The number of hydrogen-bond donors (Lipinski definition) is 0. The van der Waals surface area contributed by atoms with Crippen molar-refractivity contribution < 1.29 is 42.9 Å². The number of amides is 2. The maximum absolute atomic E-state index is 13.6. The standard InChI is InChI=1S/C23H21Cl4NO9/c1-5-6-11-19(28-22(32)13-14(23(28)33)16(25)18(27)17(26)15(13)24)21(36-10(4)31)20(35-9(3)30)12(37-11)7-34-8(2)29/h5,11-12,19-21H,1,6-7H2,2-4H3/t11-,12?,19?,20-,21?/m0/s1. The van der Waals surface area contributed by atoms with Crippen molar-refractivity contribution >= 4 is 76.1 Å². The monoisotopic (exact) mass is 595 g/mol. The average Bonchev–Trinajstić information content (AvgIpc) is 3.06. The van der Waals surface area contributed by atoms with Gasteiger partial charge in [0.15, 0.2) is 12.2 Å². The molecule has 0 aromatic heterocycles. The third-order valence-electron chi connectivity index (χ3n) is 5.64. The predicted molar refractivity (Wildman–Crippen MR) is 132 cm³/mol. The highest BCUT2D eigenvalue weighted by atomic mass is 35.5. The summed E-state index contributed by atoms with van der Waals surface area (Å²) in [6, 6.07) is -1.35. The van der Waals surface area contributed by atoms with Gasteiger partial charge in [0.25, 0.3) is 11.8 Å². The molecule has 200 valence electrons. The third kappa shape index (κ3) is 5.58. The number of halogens is 4. The van der Waals surface area contributed by atoms with Gasteiger partial charge in [-0.25, -0.2) is 0 Å². The molecule has 2 aliphatic rings. The molecule has 14 heteroatoms. The summed E-state index contributed by atoms with van der Waals surface area (Å²) in [6.07, 6.45) is -3.49. The van der Waals surface area contributed by atoms with E-state index in [-0.39, 0.29) is 44.2 Å². The molecule has 0 saturated carbocycles. The molecule has 0 aliphatic carbocycles. The van der Waals surface area contributed by atoms with Crippen LogP contribution in [0.15, 0.2) is 12.7 Å². The summed E-state index contributed by atoms with van der Waals surface area (Å²) in [6.45, 7) is 6.66. The van der Waals surface area contributed by atoms with E-state index in [0.29, 0.717) is 0 Å². The Kier molecular flexibility index (Phi) is 9.13. The lowest BCUT2D eigenvalue weighted by atomic mass is 9.89. The van der Waals surface area contributed by atoms with Crippen molar-refractivity contribution in [1.29, 1.82) is 0 Å². The zero-order chi connectivity index (χ0) is 27.8. The zero-order valence-corrected chi connectivity index (χ0v) is 22.7. The zero-order valence-electron chi connectivity index (χ0n) is 19.7. The summed E-state index contributed by atoms with van der Waals surface area (Å²) in [5.41, 5.74) is -0.591. The van der Waals surface area contributed by atoms with E-state index in [1.54, 1.807) is 0 Å². The second-order valence-corrected chi connectivity index (χ2v) is 9.68. The van der Waals surface area contributed by atoms with Gasteiger partial charge >= 0.3 is 17.9 Å².